The van der Waals surface area contributed by atoms with Gasteiger partial charge < -0.3 is 33.8 Å². The fourth-order valence-electron chi connectivity index (χ4n) is 12.9. The quantitative estimate of drug-likeness (QED) is 0.0222. The van der Waals surface area contributed by atoms with E-state index in [1.165, 1.54) is 257 Å². The van der Waals surface area contributed by atoms with Crippen molar-refractivity contribution in [3.63, 3.8) is 0 Å². The minimum absolute atomic E-state index is 0.108. The average molecular weight is 1490 g/mol. The average Bonchev–Trinajstić information content (AvgIpc) is 0.942. The maximum absolute atomic E-state index is 13.1. The molecule has 102 heavy (non-hydrogen) atoms. The molecule has 0 fully saturated rings. The molecule has 0 aromatic rings. The van der Waals surface area contributed by atoms with E-state index in [1.807, 2.05) is 0 Å². The molecule has 0 heterocycles. The first-order valence-electron chi connectivity index (χ1n) is 43.0. The predicted octanol–water partition coefficient (Wildman–Crippen LogP) is 25.1. The van der Waals surface area contributed by atoms with E-state index in [0.717, 1.165) is 102 Å². The molecule has 0 aromatic heterocycles. The maximum atomic E-state index is 13.1. The molecule has 0 rings (SSSR count). The van der Waals surface area contributed by atoms with Crippen LogP contribution in [-0.2, 0) is 65.4 Å². The number of ether oxygens (including phenoxy) is 4. The zero-order valence-corrected chi connectivity index (χ0v) is 68.7. The Hall–Kier alpha value is -1.94. The molecule has 0 aliphatic rings. The van der Waals surface area contributed by atoms with Gasteiger partial charge in [-0.3, -0.25) is 37.3 Å². The lowest BCUT2D eigenvalue weighted by molar-refractivity contribution is -0.161. The number of hydrogen-bond donors (Lipinski definition) is 3. The molecule has 0 aliphatic heterocycles. The van der Waals surface area contributed by atoms with E-state index in [1.54, 1.807) is 0 Å². The number of phosphoric ester groups is 2. The molecule has 0 saturated carbocycles. The van der Waals surface area contributed by atoms with Crippen molar-refractivity contribution < 1.29 is 80.2 Å². The van der Waals surface area contributed by atoms with Crippen LogP contribution in [0.3, 0.4) is 0 Å². The van der Waals surface area contributed by atoms with E-state index in [-0.39, 0.29) is 25.7 Å². The zero-order chi connectivity index (χ0) is 74.9. The molecule has 0 bridgehead atoms. The van der Waals surface area contributed by atoms with Crippen LogP contribution >= 0.6 is 15.6 Å². The van der Waals surface area contributed by atoms with Crippen LogP contribution in [0, 0.1) is 11.8 Å². The number of rotatable bonds is 82. The summed E-state index contributed by atoms with van der Waals surface area (Å²) in [5.41, 5.74) is 0. The topological polar surface area (TPSA) is 237 Å². The van der Waals surface area contributed by atoms with Gasteiger partial charge in [0.25, 0.3) is 0 Å². The number of carbonyl (C=O) groups excluding carboxylic acids is 4. The van der Waals surface area contributed by atoms with E-state index >= 15 is 0 Å². The number of aliphatic hydroxyl groups is 1. The minimum Gasteiger partial charge on any atom is -0.462 e. The number of aliphatic hydroxyl groups excluding tert-OH is 1. The van der Waals surface area contributed by atoms with E-state index in [4.69, 9.17) is 37.0 Å². The molecular weight excluding hydrogens is 1330 g/mol. The Kier molecular flexibility index (Phi) is 73.1. The summed E-state index contributed by atoms with van der Waals surface area (Å²) in [7, 11) is -9.92. The van der Waals surface area contributed by atoms with Gasteiger partial charge in [0.15, 0.2) is 12.2 Å². The zero-order valence-electron chi connectivity index (χ0n) is 66.9. The Morgan fingerprint density at radius 1 is 0.284 bits per heavy atom. The van der Waals surface area contributed by atoms with Gasteiger partial charge in [0.05, 0.1) is 26.4 Å². The molecule has 0 saturated heterocycles. The smallest absolute Gasteiger partial charge is 0.462 e. The van der Waals surface area contributed by atoms with Gasteiger partial charge in [-0.2, -0.15) is 0 Å². The molecule has 0 amide bonds. The highest BCUT2D eigenvalue weighted by Crippen LogP contribution is 2.45. The summed E-state index contributed by atoms with van der Waals surface area (Å²) in [5, 5.41) is 10.7. The number of hydrogen-bond acceptors (Lipinski definition) is 15. The van der Waals surface area contributed by atoms with Crippen molar-refractivity contribution in [3.8, 4) is 0 Å². The Bertz CT molecular complexity index is 1960. The number of carbonyl (C=O) groups is 4. The lowest BCUT2D eigenvalue weighted by Crippen LogP contribution is -2.30. The summed E-state index contributed by atoms with van der Waals surface area (Å²) in [6.45, 7) is 9.68. The predicted molar refractivity (Wildman–Crippen MR) is 418 cm³/mol. The third kappa shape index (κ3) is 74.9. The van der Waals surface area contributed by atoms with Gasteiger partial charge in [-0.1, -0.05) is 388 Å². The van der Waals surface area contributed by atoms with E-state index < -0.39 is 97.5 Å². The second kappa shape index (κ2) is 74.5. The molecule has 17 nitrogen and oxygen atoms in total. The number of esters is 4. The summed E-state index contributed by atoms with van der Waals surface area (Å²) < 4.78 is 68.8. The fraction of sp³-hybridized carbons (Fsp3) is 0.952. The van der Waals surface area contributed by atoms with Crippen molar-refractivity contribution in [2.24, 2.45) is 11.8 Å². The monoisotopic (exact) mass is 1490 g/mol. The van der Waals surface area contributed by atoms with Gasteiger partial charge in [-0.25, -0.2) is 9.13 Å². The minimum atomic E-state index is -4.96. The highest BCUT2D eigenvalue weighted by Gasteiger charge is 2.30. The van der Waals surface area contributed by atoms with Crippen molar-refractivity contribution in [2.45, 2.75) is 458 Å². The summed E-state index contributed by atoms with van der Waals surface area (Å²) >= 11 is 0. The van der Waals surface area contributed by atoms with Crippen LogP contribution in [0.15, 0.2) is 0 Å². The van der Waals surface area contributed by atoms with Crippen LogP contribution in [0.25, 0.3) is 0 Å². The molecule has 0 spiro atoms. The summed E-state index contributed by atoms with van der Waals surface area (Å²) in [6, 6.07) is 0. The second-order valence-electron chi connectivity index (χ2n) is 30.6. The van der Waals surface area contributed by atoms with Gasteiger partial charge >= 0.3 is 39.5 Å². The molecule has 19 heteroatoms. The molecule has 6 atom stereocenters. The van der Waals surface area contributed by atoms with Crippen molar-refractivity contribution in [2.75, 3.05) is 39.6 Å². The van der Waals surface area contributed by atoms with Crippen molar-refractivity contribution in [3.05, 3.63) is 0 Å². The lowest BCUT2D eigenvalue weighted by atomic mass is 9.99. The number of phosphoric acid groups is 2. The van der Waals surface area contributed by atoms with Gasteiger partial charge in [0.1, 0.15) is 19.3 Å². The van der Waals surface area contributed by atoms with Gasteiger partial charge in [-0.15, -0.1) is 0 Å². The highest BCUT2D eigenvalue weighted by atomic mass is 31.2. The largest absolute Gasteiger partial charge is 0.472 e. The van der Waals surface area contributed by atoms with Crippen LogP contribution in [0.1, 0.15) is 440 Å². The normalized spacial score (nSPS) is 14.1. The third-order valence-electron chi connectivity index (χ3n) is 19.8. The molecule has 606 valence electrons. The Morgan fingerprint density at radius 2 is 0.500 bits per heavy atom. The van der Waals surface area contributed by atoms with Crippen molar-refractivity contribution in [1.82, 2.24) is 0 Å². The summed E-state index contributed by atoms with van der Waals surface area (Å²) in [5.74, 6) is -0.532. The molecule has 0 aliphatic carbocycles. The summed E-state index contributed by atoms with van der Waals surface area (Å²) in [6.07, 6.45) is 65.1. The first-order valence-corrected chi connectivity index (χ1v) is 46.0. The van der Waals surface area contributed by atoms with Crippen molar-refractivity contribution >= 4 is 39.5 Å². The maximum Gasteiger partial charge on any atom is 0.472 e. The third-order valence-corrected chi connectivity index (χ3v) is 21.7. The van der Waals surface area contributed by atoms with Gasteiger partial charge in [0.2, 0.25) is 0 Å². The Labute approximate surface area is 626 Å². The first kappa shape index (κ1) is 100. The molecular formula is C83H162O17P2. The van der Waals surface area contributed by atoms with Crippen LogP contribution < -0.4 is 0 Å². The second-order valence-corrected chi connectivity index (χ2v) is 33.5. The highest BCUT2D eigenvalue weighted by molar-refractivity contribution is 7.47. The molecule has 3 unspecified atom stereocenters. The van der Waals surface area contributed by atoms with E-state index in [9.17, 15) is 43.2 Å². The van der Waals surface area contributed by atoms with Gasteiger partial charge in [-0.05, 0) is 37.5 Å². The van der Waals surface area contributed by atoms with E-state index in [2.05, 4.69) is 41.5 Å². The Morgan fingerprint density at radius 3 is 0.745 bits per heavy atom. The molecule has 3 N–H and O–H groups in total. The summed E-state index contributed by atoms with van der Waals surface area (Å²) in [4.78, 5) is 73.1. The van der Waals surface area contributed by atoms with Crippen LogP contribution in [-0.4, -0.2) is 96.7 Å². The Balaban J connectivity index is 5.26. The standard InChI is InChI=1S/C83H162O17P2/c1-7-10-12-14-16-18-20-22-24-26-28-32-36-40-47-53-59-65-80(85)93-71-78(99-82(87)68-62-56-50-42-38-34-30-29-31-35-39-46-52-58-64-76(6)9-3)73-97-101(89,90)95-69-77(84)70-96-102(91,92)98-74-79(72-94-81(86)66-60-54-48-44-43-45-51-57-63-75(4)5)100-83(88)67-61-55-49-41-37-33-27-25-23-21-19-17-15-13-11-8-2/h75-79,84H,7-74H2,1-6H3,(H,89,90)(H,91,92)/t76?,77-,78-,79-/m1/s1. The van der Waals surface area contributed by atoms with Crippen LogP contribution in [0.2, 0.25) is 0 Å². The lowest BCUT2D eigenvalue weighted by Gasteiger charge is -2.21. The first-order chi connectivity index (χ1) is 49.4. The van der Waals surface area contributed by atoms with Gasteiger partial charge in [0, 0.05) is 25.7 Å². The SMILES string of the molecule is CCCCCCCCCCCCCCCCCCCC(=O)OC[C@H](COP(=O)(O)OC[C@@H](O)COP(=O)(O)OC[C@@H](COC(=O)CCCCCCCCCCC(C)C)OC(=O)CCCCCCCCCCCCCCCCCC)OC(=O)CCCCCCCCCCCCCCCCC(C)CC. The van der Waals surface area contributed by atoms with E-state index in [0.29, 0.717) is 25.7 Å². The molecule has 0 radical (unpaired) electrons. The van der Waals surface area contributed by atoms with Crippen LogP contribution in [0.4, 0.5) is 0 Å². The molecule has 0 aromatic carbocycles. The van der Waals surface area contributed by atoms with Crippen molar-refractivity contribution in [1.29, 1.82) is 0 Å². The fourth-order valence-corrected chi connectivity index (χ4v) is 14.4. The number of unbranched alkanes of at least 4 members (excludes halogenated alkanes) is 51. The van der Waals surface area contributed by atoms with Crippen LogP contribution in [0.5, 0.6) is 0 Å².